The van der Waals surface area contributed by atoms with E-state index in [0.29, 0.717) is 5.56 Å². The maximum atomic E-state index is 13.5. The Labute approximate surface area is 191 Å². The van der Waals surface area contributed by atoms with Crippen LogP contribution >= 0.6 is 0 Å². The van der Waals surface area contributed by atoms with Gasteiger partial charge in [-0.1, -0.05) is 26.8 Å². The van der Waals surface area contributed by atoms with Crippen LogP contribution in [0.3, 0.4) is 0 Å². The maximum absolute atomic E-state index is 13.5. The molecular formula is C26H39FN2O3. The van der Waals surface area contributed by atoms with Gasteiger partial charge in [0.05, 0.1) is 6.10 Å². The zero-order valence-corrected chi connectivity index (χ0v) is 20.2. The maximum Gasteiger partial charge on any atom is 0.251 e. The van der Waals surface area contributed by atoms with Crippen molar-refractivity contribution in [2.24, 2.45) is 29.1 Å². The van der Waals surface area contributed by atoms with Gasteiger partial charge < -0.3 is 15.7 Å². The Hall–Kier alpha value is -1.95. The summed E-state index contributed by atoms with van der Waals surface area (Å²) in [4.78, 5) is 25.5. The lowest BCUT2D eigenvalue weighted by molar-refractivity contribution is -0.143. The van der Waals surface area contributed by atoms with Crippen molar-refractivity contribution in [2.75, 3.05) is 0 Å². The average Bonchev–Trinajstić information content (AvgIpc) is 2.68. The molecule has 7 atom stereocenters. The van der Waals surface area contributed by atoms with Crippen molar-refractivity contribution in [1.82, 2.24) is 10.6 Å². The Kier molecular flexibility index (Phi) is 7.04. The number of aliphatic hydroxyl groups excluding tert-OH is 1. The largest absolute Gasteiger partial charge is 0.392 e. The van der Waals surface area contributed by atoms with Crippen LogP contribution in [-0.2, 0) is 4.79 Å². The zero-order valence-electron chi connectivity index (χ0n) is 20.2. The van der Waals surface area contributed by atoms with Gasteiger partial charge in [-0.15, -0.1) is 0 Å². The van der Waals surface area contributed by atoms with Crippen molar-refractivity contribution in [3.05, 3.63) is 35.6 Å². The van der Waals surface area contributed by atoms with E-state index in [4.69, 9.17) is 0 Å². The molecule has 1 aromatic rings. The first-order valence-corrected chi connectivity index (χ1v) is 11.9. The highest BCUT2D eigenvalue weighted by Crippen LogP contribution is 2.55. The molecule has 2 aliphatic rings. The smallest absolute Gasteiger partial charge is 0.251 e. The van der Waals surface area contributed by atoms with Gasteiger partial charge in [0.2, 0.25) is 5.91 Å². The minimum atomic E-state index is -0.613. The Morgan fingerprint density at radius 2 is 1.88 bits per heavy atom. The molecule has 0 bridgehead atoms. The highest BCUT2D eigenvalue weighted by Gasteiger charge is 2.54. The molecule has 3 rings (SSSR count). The van der Waals surface area contributed by atoms with Crippen molar-refractivity contribution in [1.29, 1.82) is 0 Å². The molecule has 5 nitrogen and oxygen atoms in total. The number of amides is 2. The molecule has 1 aromatic carbocycles. The molecule has 32 heavy (non-hydrogen) atoms. The lowest BCUT2D eigenvalue weighted by Crippen LogP contribution is -2.59. The summed E-state index contributed by atoms with van der Waals surface area (Å²) in [5, 5.41) is 17.6. The summed E-state index contributed by atoms with van der Waals surface area (Å²) in [6, 6.07) is 5.60. The van der Waals surface area contributed by atoms with Crippen molar-refractivity contribution in [3.63, 3.8) is 0 Å². The SMILES string of the molecule is CC(C(=O)NC(C)(C)C)C1CCC2(C)CCC(NC(=O)c3cccc(F)c3)C(C)C2C1O. The first kappa shape index (κ1) is 24.7. The van der Waals surface area contributed by atoms with E-state index in [2.05, 4.69) is 24.5 Å². The number of fused-ring (bicyclic) bond motifs is 1. The molecule has 0 aliphatic heterocycles. The van der Waals surface area contributed by atoms with Crippen LogP contribution in [-0.4, -0.2) is 34.6 Å². The first-order valence-electron chi connectivity index (χ1n) is 11.9. The van der Waals surface area contributed by atoms with Gasteiger partial charge in [-0.25, -0.2) is 4.39 Å². The predicted octanol–water partition coefficient (Wildman–Crippen LogP) is 4.30. The molecule has 0 radical (unpaired) electrons. The van der Waals surface area contributed by atoms with Gasteiger partial charge in [0.1, 0.15) is 5.82 Å². The molecule has 6 heteroatoms. The Morgan fingerprint density at radius 1 is 1.22 bits per heavy atom. The van der Waals surface area contributed by atoms with Crippen LogP contribution in [0.5, 0.6) is 0 Å². The molecule has 0 spiro atoms. The summed E-state index contributed by atoms with van der Waals surface area (Å²) in [5.41, 5.74) is -0.0282. The van der Waals surface area contributed by atoms with Gasteiger partial charge >= 0.3 is 0 Å². The van der Waals surface area contributed by atoms with Gasteiger partial charge in [0.15, 0.2) is 0 Å². The number of carbonyl (C=O) groups is 2. The fourth-order valence-electron chi connectivity index (χ4n) is 6.06. The lowest BCUT2D eigenvalue weighted by atomic mass is 9.51. The van der Waals surface area contributed by atoms with E-state index >= 15 is 0 Å². The fourth-order valence-corrected chi connectivity index (χ4v) is 6.06. The lowest BCUT2D eigenvalue weighted by Gasteiger charge is -2.56. The van der Waals surface area contributed by atoms with Crippen molar-refractivity contribution < 1.29 is 19.1 Å². The van der Waals surface area contributed by atoms with Crippen LogP contribution in [0.2, 0.25) is 0 Å². The second-order valence-electron chi connectivity index (χ2n) is 11.4. The molecule has 178 valence electrons. The number of rotatable bonds is 4. The number of hydrogen-bond acceptors (Lipinski definition) is 3. The number of nitrogens with one attached hydrogen (secondary N) is 2. The highest BCUT2D eigenvalue weighted by molar-refractivity contribution is 5.94. The Bertz CT molecular complexity index is 852. The molecule has 2 aliphatic carbocycles. The standard InChI is InChI=1S/C26H39FN2O3/c1-15(23(31)29-25(3,4)5)19-10-12-26(6)13-11-20(16(2)21(26)22(19)30)28-24(32)17-8-7-9-18(27)14-17/h7-9,14-16,19-22,30H,10-13H2,1-6H3,(H,28,32)(H,29,31). The third-order valence-corrected chi connectivity index (χ3v) is 7.85. The average molecular weight is 447 g/mol. The molecule has 7 unspecified atom stereocenters. The van der Waals surface area contributed by atoms with Crippen LogP contribution in [0.15, 0.2) is 24.3 Å². The van der Waals surface area contributed by atoms with Gasteiger partial charge in [0.25, 0.3) is 5.91 Å². The first-order chi connectivity index (χ1) is 14.8. The van der Waals surface area contributed by atoms with Gasteiger partial charge in [-0.05, 0) is 87.8 Å². The van der Waals surface area contributed by atoms with E-state index in [9.17, 15) is 19.1 Å². The van der Waals surface area contributed by atoms with Crippen LogP contribution in [0.25, 0.3) is 0 Å². The molecular weight excluding hydrogens is 407 g/mol. The zero-order chi connectivity index (χ0) is 23.8. The monoisotopic (exact) mass is 446 g/mol. The number of aliphatic hydroxyl groups is 1. The van der Waals surface area contributed by atoms with Crippen molar-refractivity contribution in [3.8, 4) is 0 Å². The second kappa shape index (κ2) is 9.12. The molecule has 0 saturated heterocycles. The summed E-state index contributed by atoms with van der Waals surface area (Å²) >= 11 is 0. The van der Waals surface area contributed by atoms with Gasteiger partial charge in [-0.2, -0.15) is 0 Å². The predicted molar refractivity (Wildman–Crippen MR) is 123 cm³/mol. The van der Waals surface area contributed by atoms with Crippen molar-refractivity contribution >= 4 is 11.8 Å². The van der Waals surface area contributed by atoms with E-state index < -0.39 is 11.9 Å². The number of benzene rings is 1. The molecule has 3 N–H and O–H groups in total. The third-order valence-electron chi connectivity index (χ3n) is 7.85. The molecule has 2 amide bonds. The summed E-state index contributed by atoms with van der Waals surface area (Å²) in [5.74, 6) is -1.12. The molecule has 0 heterocycles. The fraction of sp³-hybridized carbons (Fsp3) is 0.692. The topological polar surface area (TPSA) is 78.4 Å². The second-order valence-corrected chi connectivity index (χ2v) is 11.4. The van der Waals surface area contributed by atoms with Crippen LogP contribution in [0.4, 0.5) is 4.39 Å². The van der Waals surface area contributed by atoms with Crippen LogP contribution in [0, 0.1) is 34.9 Å². The summed E-state index contributed by atoms with van der Waals surface area (Å²) in [7, 11) is 0. The normalized spacial score (nSPS) is 33.7. The van der Waals surface area contributed by atoms with Crippen LogP contribution in [0.1, 0.15) is 77.6 Å². The molecule has 0 aromatic heterocycles. The van der Waals surface area contributed by atoms with E-state index in [1.165, 1.54) is 18.2 Å². The molecule has 2 fully saturated rings. The summed E-state index contributed by atoms with van der Waals surface area (Å²) in [6.45, 7) is 12.1. The number of carbonyl (C=O) groups excluding carboxylic acids is 2. The number of hydrogen-bond donors (Lipinski definition) is 3. The minimum Gasteiger partial charge on any atom is -0.392 e. The summed E-state index contributed by atoms with van der Waals surface area (Å²) in [6.07, 6.45) is 2.90. The van der Waals surface area contributed by atoms with Gasteiger partial charge in [0, 0.05) is 23.1 Å². The highest BCUT2D eigenvalue weighted by atomic mass is 19.1. The van der Waals surface area contributed by atoms with Crippen molar-refractivity contribution in [2.45, 2.75) is 84.9 Å². The summed E-state index contributed by atoms with van der Waals surface area (Å²) < 4.78 is 13.5. The van der Waals surface area contributed by atoms with E-state index in [1.807, 2.05) is 27.7 Å². The quantitative estimate of drug-likeness (QED) is 0.645. The minimum absolute atomic E-state index is 0.0160. The van der Waals surface area contributed by atoms with E-state index in [1.54, 1.807) is 6.07 Å². The third kappa shape index (κ3) is 5.16. The van der Waals surface area contributed by atoms with E-state index in [-0.39, 0.29) is 52.5 Å². The van der Waals surface area contributed by atoms with Gasteiger partial charge in [-0.3, -0.25) is 9.59 Å². The number of halogens is 1. The Morgan fingerprint density at radius 3 is 2.50 bits per heavy atom. The van der Waals surface area contributed by atoms with Crippen LogP contribution < -0.4 is 10.6 Å². The van der Waals surface area contributed by atoms with E-state index in [0.717, 1.165) is 25.7 Å². The Balaban J connectivity index is 1.75. The molecule has 2 saturated carbocycles.